The van der Waals surface area contributed by atoms with Gasteiger partial charge in [-0.05, 0) is 20.8 Å². The van der Waals surface area contributed by atoms with Crippen LogP contribution in [0.25, 0.3) is 0 Å². The predicted molar refractivity (Wildman–Crippen MR) is 58.2 cm³/mol. The average Bonchev–Trinajstić information content (AvgIpc) is 2.11. The van der Waals surface area contributed by atoms with Crippen molar-refractivity contribution in [1.82, 2.24) is 5.32 Å². The molecule has 0 aliphatic rings. The molecule has 3 nitrogen and oxygen atoms in total. The predicted octanol–water partition coefficient (Wildman–Crippen LogP) is 3.02. The molecule has 0 aliphatic carbocycles. The Morgan fingerprint density at radius 3 is 2.12 bits per heavy atom. The molecule has 0 aromatic heterocycles. The number of carbonyl (C=O) groups excluding carboxylic acids is 1. The number of halogens is 3. The summed E-state index contributed by atoms with van der Waals surface area (Å²) >= 11 is 0. The van der Waals surface area contributed by atoms with Crippen LogP contribution in [0.2, 0.25) is 0 Å². The van der Waals surface area contributed by atoms with Crippen molar-refractivity contribution in [3.8, 4) is 0 Å². The van der Waals surface area contributed by atoms with Gasteiger partial charge in [0.25, 0.3) is 0 Å². The largest absolute Gasteiger partial charge is 0.333 e. The zero-order valence-corrected chi connectivity index (χ0v) is 9.70. The number of carbonyl (C=O) groups is 1. The van der Waals surface area contributed by atoms with Crippen molar-refractivity contribution in [3.63, 3.8) is 0 Å². The normalized spacial score (nSPS) is 11.2. The van der Waals surface area contributed by atoms with Gasteiger partial charge in [0.15, 0.2) is 11.6 Å². The highest BCUT2D eigenvalue weighted by Crippen LogP contribution is 2.18. The number of hydrogen-bond acceptors (Lipinski definition) is 1. The Morgan fingerprint density at radius 2 is 1.59 bits per heavy atom. The van der Waals surface area contributed by atoms with Crippen molar-refractivity contribution in [1.29, 1.82) is 0 Å². The number of nitrogens with one attached hydrogen (secondary N) is 2. The molecule has 2 N–H and O–H groups in total. The first kappa shape index (κ1) is 13.3. The Bertz CT molecular complexity index is 441. The molecule has 94 valence electrons. The van der Waals surface area contributed by atoms with Crippen molar-refractivity contribution in [2.75, 3.05) is 5.32 Å². The molecule has 6 heteroatoms. The van der Waals surface area contributed by atoms with E-state index >= 15 is 0 Å². The molecule has 1 aromatic carbocycles. The zero-order valence-electron chi connectivity index (χ0n) is 9.70. The second-order valence-corrected chi connectivity index (χ2v) is 4.58. The fraction of sp³-hybridized carbons (Fsp3) is 0.364. The first-order valence-electron chi connectivity index (χ1n) is 4.93. The summed E-state index contributed by atoms with van der Waals surface area (Å²) in [6.07, 6.45) is 0. The average molecular weight is 246 g/mol. The van der Waals surface area contributed by atoms with Crippen LogP contribution in [-0.4, -0.2) is 11.6 Å². The molecule has 0 aliphatic heterocycles. The molecule has 1 rings (SSSR count). The van der Waals surface area contributed by atoms with Crippen LogP contribution >= 0.6 is 0 Å². The summed E-state index contributed by atoms with van der Waals surface area (Å²) in [4.78, 5) is 11.4. The van der Waals surface area contributed by atoms with Crippen molar-refractivity contribution < 1.29 is 18.0 Å². The van der Waals surface area contributed by atoms with Crippen molar-refractivity contribution in [2.24, 2.45) is 0 Å². The first-order valence-corrected chi connectivity index (χ1v) is 4.93. The summed E-state index contributed by atoms with van der Waals surface area (Å²) in [5.74, 6) is -3.56. The van der Waals surface area contributed by atoms with E-state index < -0.39 is 34.7 Å². The lowest BCUT2D eigenvalue weighted by atomic mass is 10.1. The van der Waals surface area contributed by atoms with Gasteiger partial charge in [-0.15, -0.1) is 0 Å². The smallest absolute Gasteiger partial charge is 0.319 e. The van der Waals surface area contributed by atoms with Crippen LogP contribution < -0.4 is 10.6 Å². The number of benzene rings is 1. The summed E-state index contributed by atoms with van der Waals surface area (Å²) in [6.45, 7) is 5.19. The molecule has 2 amide bonds. The maximum Gasteiger partial charge on any atom is 0.319 e. The molecule has 17 heavy (non-hydrogen) atoms. The van der Waals surface area contributed by atoms with Gasteiger partial charge in [-0.3, -0.25) is 0 Å². The van der Waals surface area contributed by atoms with Crippen LogP contribution in [0.15, 0.2) is 12.1 Å². The van der Waals surface area contributed by atoms with E-state index in [9.17, 15) is 18.0 Å². The fourth-order valence-electron chi connectivity index (χ4n) is 1.11. The highest BCUT2D eigenvalue weighted by Gasteiger charge is 2.16. The number of rotatable bonds is 1. The molecular weight excluding hydrogens is 233 g/mol. The molecule has 0 fully saturated rings. The Hall–Kier alpha value is -1.72. The molecule has 0 spiro atoms. The van der Waals surface area contributed by atoms with E-state index in [-0.39, 0.29) is 0 Å². The van der Waals surface area contributed by atoms with Crippen LogP contribution in [0, 0.1) is 17.5 Å². The highest BCUT2D eigenvalue weighted by molar-refractivity contribution is 5.89. The molecule has 0 unspecified atom stereocenters. The van der Waals surface area contributed by atoms with Crippen molar-refractivity contribution >= 4 is 11.7 Å². The second-order valence-electron chi connectivity index (χ2n) is 4.58. The van der Waals surface area contributed by atoms with E-state index in [0.29, 0.717) is 12.1 Å². The summed E-state index contributed by atoms with van der Waals surface area (Å²) < 4.78 is 38.6. The Morgan fingerprint density at radius 1 is 1.06 bits per heavy atom. The SMILES string of the molecule is CC(C)(C)NC(=O)Nc1cc(F)c(F)cc1F. The molecule has 0 bridgehead atoms. The summed E-state index contributed by atoms with van der Waals surface area (Å²) in [7, 11) is 0. The van der Waals surface area contributed by atoms with Gasteiger partial charge < -0.3 is 10.6 Å². The summed E-state index contributed by atoms with van der Waals surface area (Å²) in [6, 6.07) is 0.275. The molecular formula is C11H13F3N2O. The van der Waals surface area contributed by atoms with Gasteiger partial charge in [-0.25, -0.2) is 18.0 Å². The van der Waals surface area contributed by atoms with Crippen molar-refractivity contribution in [2.45, 2.75) is 26.3 Å². The minimum atomic E-state index is -1.30. The minimum absolute atomic E-state index is 0.377. The van der Waals surface area contributed by atoms with Gasteiger partial charge in [0.05, 0.1) is 5.69 Å². The maximum absolute atomic E-state index is 13.2. The fourth-order valence-corrected chi connectivity index (χ4v) is 1.11. The van der Waals surface area contributed by atoms with Crippen LogP contribution in [0.1, 0.15) is 20.8 Å². The molecule has 0 atom stereocenters. The van der Waals surface area contributed by atoms with Crippen LogP contribution in [0.3, 0.4) is 0 Å². The maximum atomic E-state index is 13.2. The lowest BCUT2D eigenvalue weighted by Gasteiger charge is -2.20. The number of urea groups is 1. The Labute approximate surface area is 97.0 Å². The highest BCUT2D eigenvalue weighted by atomic mass is 19.2. The first-order chi connectivity index (χ1) is 7.69. The van der Waals surface area contributed by atoms with Gasteiger partial charge in [-0.2, -0.15) is 0 Å². The lowest BCUT2D eigenvalue weighted by molar-refractivity contribution is 0.243. The summed E-state index contributed by atoms with van der Waals surface area (Å²) in [5.41, 5.74) is -0.926. The van der Waals surface area contributed by atoms with Gasteiger partial charge >= 0.3 is 6.03 Å². The van der Waals surface area contributed by atoms with Gasteiger partial charge in [-0.1, -0.05) is 0 Å². The molecule has 0 saturated heterocycles. The second kappa shape index (κ2) is 4.65. The van der Waals surface area contributed by atoms with Crippen LogP contribution in [0.4, 0.5) is 23.7 Å². The van der Waals surface area contributed by atoms with Crippen molar-refractivity contribution in [3.05, 3.63) is 29.6 Å². The quantitative estimate of drug-likeness (QED) is 0.735. The van der Waals surface area contributed by atoms with E-state index in [1.165, 1.54) is 0 Å². The van der Waals surface area contributed by atoms with Gasteiger partial charge in [0, 0.05) is 17.7 Å². The third kappa shape index (κ3) is 3.97. The van der Waals surface area contributed by atoms with E-state index in [4.69, 9.17) is 0 Å². The monoisotopic (exact) mass is 246 g/mol. The third-order valence-corrected chi connectivity index (χ3v) is 1.75. The van der Waals surface area contributed by atoms with Gasteiger partial charge in [0.2, 0.25) is 0 Å². The van der Waals surface area contributed by atoms with E-state index in [2.05, 4.69) is 10.6 Å². The topological polar surface area (TPSA) is 41.1 Å². The van der Waals surface area contributed by atoms with E-state index in [1.807, 2.05) is 0 Å². The minimum Gasteiger partial charge on any atom is -0.333 e. The molecule has 0 radical (unpaired) electrons. The number of amides is 2. The third-order valence-electron chi connectivity index (χ3n) is 1.75. The zero-order chi connectivity index (χ0) is 13.2. The lowest BCUT2D eigenvalue weighted by Crippen LogP contribution is -2.43. The molecule has 1 aromatic rings. The molecule has 0 heterocycles. The Balaban J connectivity index is 2.82. The Kier molecular flexibility index (Phi) is 3.65. The van der Waals surface area contributed by atoms with E-state index in [1.54, 1.807) is 20.8 Å². The van der Waals surface area contributed by atoms with Crippen LogP contribution in [-0.2, 0) is 0 Å². The van der Waals surface area contributed by atoms with Crippen LogP contribution in [0.5, 0.6) is 0 Å². The number of hydrogen-bond donors (Lipinski definition) is 2. The molecule has 0 saturated carbocycles. The standard InChI is InChI=1S/C11H13F3N2O/c1-11(2,3)16-10(17)15-9-5-7(13)6(12)4-8(9)14/h4-5H,1-3H3,(H2,15,16,17). The number of anilines is 1. The van der Waals surface area contributed by atoms with Gasteiger partial charge in [0.1, 0.15) is 5.82 Å². The summed E-state index contributed by atoms with van der Waals surface area (Å²) in [5, 5.41) is 4.60. The van der Waals surface area contributed by atoms with E-state index in [0.717, 1.165) is 0 Å².